The Kier molecular flexibility index (Phi) is 5.33. The summed E-state index contributed by atoms with van der Waals surface area (Å²) in [5.41, 5.74) is 6.53. The molecule has 0 unspecified atom stereocenters. The van der Waals surface area contributed by atoms with Crippen molar-refractivity contribution in [2.75, 3.05) is 26.2 Å². The van der Waals surface area contributed by atoms with Crippen molar-refractivity contribution in [3.63, 3.8) is 0 Å². The van der Waals surface area contributed by atoms with Crippen molar-refractivity contribution in [3.8, 4) is 0 Å². The maximum Gasteiger partial charge on any atom is 0.336 e. The molecule has 0 amide bonds. The third-order valence-electron chi connectivity index (χ3n) is 6.20. The Labute approximate surface area is 166 Å². The van der Waals surface area contributed by atoms with Crippen LogP contribution in [0, 0.1) is 20.8 Å². The molecule has 4 nitrogen and oxygen atoms in total. The van der Waals surface area contributed by atoms with Gasteiger partial charge in [0.2, 0.25) is 0 Å². The van der Waals surface area contributed by atoms with Gasteiger partial charge in [-0.15, -0.1) is 0 Å². The average molecular weight is 379 g/mol. The van der Waals surface area contributed by atoms with Crippen molar-refractivity contribution in [2.45, 2.75) is 33.9 Å². The predicted octanol–water partition coefficient (Wildman–Crippen LogP) is 1.20. The maximum atomic E-state index is 12.2. The minimum absolute atomic E-state index is 0.233. The molecule has 0 atom stereocenters. The molecule has 0 spiro atoms. The first-order valence-corrected chi connectivity index (χ1v) is 10.3. The van der Waals surface area contributed by atoms with Gasteiger partial charge in [-0.25, -0.2) is 4.79 Å². The van der Waals surface area contributed by atoms with Crippen molar-refractivity contribution in [2.24, 2.45) is 0 Å². The van der Waals surface area contributed by atoms with Crippen LogP contribution in [0.1, 0.15) is 27.8 Å². The van der Waals surface area contributed by atoms with Gasteiger partial charge in [0, 0.05) is 22.6 Å². The normalized spacial score (nSPS) is 19.8. The van der Waals surface area contributed by atoms with E-state index in [-0.39, 0.29) is 5.63 Å². The molecule has 28 heavy (non-hydrogen) atoms. The summed E-state index contributed by atoms with van der Waals surface area (Å²) < 4.78 is 5.60. The summed E-state index contributed by atoms with van der Waals surface area (Å²) >= 11 is 0. The van der Waals surface area contributed by atoms with Gasteiger partial charge in [-0.2, -0.15) is 0 Å². The first-order valence-electron chi connectivity index (χ1n) is 10.3. The van der Waals surface area contributed by atoms with Crippen LogP contribution in [0.5, 0.6) is 0 Å². The van der Waals surface area contributed by atoms with Gasteiger partial charge in [0.15, 0.2) is 0 Å². The molecular formula is C24H30N2O2+2. The third-order valence-corrected chi connectivity index (χ3v) is 6.20. The molecule has 1 saturated heterocycles. The van der Waals surface area contributed by atoms with E-state index in [0.717, 1.165) is 48.3 Å². The Hall–Kier alpha value is -2.43. The SMILES string of the molecule is Cc1cc(C)c2c(C[NH+]3CC[NH+](Cc4ccccc4)CC3)cc(=O)oc2c1C. The predicted molar refractivity (Wildman–Crippen MR) is 112 cm³/mol. The summed E-state index contributed by atoms with van der Waals surface area (Å²) in [7, 11) is 0. The molecule has 1 aromatic heterocycles. The minimum Gasteiger partial charge on any atom is -0.422 e. The van der Waals surface area contributed by atoms with Gasteiger partial charge in [0.1, 0.15) is 44.9 Å². The zero-order chi connectivity index (χ0) is 19.7. The second-order valence-corrected chi connectivity index (χ2v) is 8.27. The number of hydrogen-bond acceptors (Lipinski definition) is 2. The van der Waals surface area contributed by atoms with Crippen LogP contribution >= 0.6 is 0 Å². The Balaban J connectivity index is 1.50. The van der Waals surface area contributed by atoms with Crippen molar-refractivity contribution in [1.29, 1.82) is 0 Å². The number of quaternary nitrogens is 2. The highest BCUT2D eigenvalue weighted by Crippen LogP contribution is 2.26. The van der Waals surface area contributed by atoms with E-state index >= 15 is 0 Å². The van der Waals surface area contributed by atoms with E-state index in [4.69, 9.17) is 4.42 Å². The molecule has 2 aromatic carbocycles. The van der Waals surface area contributed by atoms with Gasteiger partial charge in [0.05, 0.1) is 0 Å². The molecule has 2 N–H and O–H groups in total. The monoisotopic (exact) mass is 378 g/mol. The van der Waals surface area contributed by atoms with Crippen molar-refractivity contribution < 1.29 is 14.2 Å². The molecule has 1 aliphatic rings. The zero-order valence-electron chi connectivity index (χ0n) is 17.1. The quantitative estimate of drug-likeness (QED) is 0.670. The molecular weight excluding hydrogens is 348 g/mol. The van der Waals surface area contributed by atoms with Crippen LogP contribution in [0.25, 0.3) is 11.0 Å². The third kappa shape index (κ3) is 3.89. The van der Waals surface area contributed by atoms with E-state index in [1.54, 1.807) is 15.9 Å². The van der Waals surface area contributed by atoms with Gasteiger partial charge < -0.3 is 14.2 Å². The van der Waals surface area contributed by atoms with Crippen molar-refractivity contribution in [1.82, 2.24) is 0 Å². The fraction of sp³-hybridized carbons (Fsp3) is 0.375. The lowest BCUT2D eigenvalue weighted by molar-refractivity contribution is -1.02. The summed E-state index contributed by atoms with van der Waals surface area (Å²) in [5.74, 6) is 0. The van der Waals surface area contributed by atoms with E-state index in [0.29, 0.717) is 0 Å². The van der Waals surface area contributed by atoms with E-state index in [1.807, 2.05) is 6.92 Å². The lowest BCUT2D eigenvalue weighted by Crippen LogP contribution is -3.27. The van der Waals surface area contributed by atoms with E-state index in [1.165, 1.54) is 29.8 Å². The van der Waals surface area contributed by atoms with Gasteiger partial charge in [-0.3, -0.25) is 0 Å². The largest absolute Gasteiger partial charge is 0.422 e. The highest BCUT2D eigenvalue weighted by molar-refractivity contribution is 5.87. The second-order valence-electron chi connectivity index (χ2n) is 8.27. The number of nitrogens with one attached hydrogen (secondary N) is 2. The Morgan fingerprint density at radius 3 is 2.18 bits per heavy atom. The maximum absolute atomic E-state index is 12.2. The molecule has 1 fully saturated rings. The summed E-state index contributed by atoms with van der Waals surface area (Å²) in [6, 6.07) is 14.7. The average Bonchev–Trinajstić information content (AvgIpc) is 2.68. The molecule has 2 heterocycles. The summed E-state index contributed by atoms with van der Waals surface area (Å²) in [5, 5.41) is 1.13. The molecule has 3 aromatic rings. The smallest absolute Gasteiger partial charge is 0.336 e. The summed E-state index contributed by atoms with van der Waals surface area (Å²) in [6.45, 7) is 12.8. The van der Waals surface area contributed by atoms with Crippen molar-refractivity contribution in [3.05, 3.63) is 80.7 Å². The van der Waals surface area contributed by atoms with Crippen LogP contribution in [0.3, 0.4) is 0 Å². The second kappa shape index (κ2) is 7.90. The first kappa shape index (κ1) is 18.9. The Morgan fingerprint density at radius 2 is 1.50 bits per heavy atom. The van der Waals surface area contributed by atoms with Crippen molar-refractivity contribution >= 4 is 11.0 Å². The summed E-state index contributed by atoms with van der Waals surface area (Å²) in [4.78, 5) is 15.4. The van der Waals surface area contributed by atoms with Crippen LogP contribution < -0.4 is 15.4 Å². The van der Waals surface area contributed by atoms with Gasteiger partial charge in [-0.05, 0) is 37.5 Å². The lowest BCUT2D eigenvalue weighted by Gasteiger charge is -2.30. The van der Waals surface area contributed by atoms with Gasteiger partial charge in [0.25, 0.3) is 0 Å². The molecule has 4 rings (SSSR count). The molecule has 0 radical (unpaired) electrons. The number of benzene rings is 2. The number of piperazine rings is 1. The van der Waals surface area contributed by atoms with E-state index in [2.05, 4.69) is 50.2 Å². The highest BCUT2D eigenvalue weighted by atomic mass is 16.4. The fourth-order valence-electron chi connectivity index (χ4n) is 4.53. The molecule has 0 saturated carbocycles. The standard InChI is InChI=1S/C24H28N2O2/c1-17-13-18(2)23-21(14-22(27)28-24(23)19(17)3)16-26-11-9-25(10-12-26)15-20-7-5-4-6-8-20/h4-8,13-14H,9-12,15-16H2,1-3H3/p+2. The molecule has 1 aliphatic heterocycles. The zero-order valence-corrected chi connectivity index (χ0v) is 17.1. The molecule has 146 valence electrons. The van der Waals surface area contributed by atoms with Crippen LogP contribution in [-0.4, -0.2) is 26.2 Å². The number of hydrogen-bond donors (Lipinski definition) is 2. The minimum atomic E-state index is -0.233. The van der Waals surface area contributed by atoms with Crippen LogP contribution in [0.4, 0.5) is 0 Å². The summed E-state index contributed by atoms with van der Waals surface area (Å²) in [6.07, 6.45) is 0. The lowest BCUT2D eigenvalue weighted by atomic mass is 9.98. The fourth-order valence-corrected chi connectivity index (χ4v) is 4.53. The Morgan fingerprint density at radius 1 is 0.857 bits per heavy atom. The number of fused-ring (bicyclic) bond motifs is 1. The number of rotatable bonds is 4. The molecule has 0 aliphatic carbocycles. The van der Waals surface area contributed by atoms with Crippen LogP contribution in [-0.2, 0) is 13.1 Å². The Bertz CT molecular complexity index is 1030. The van der Waals surface area contributed by atoms with E-state index in [9.17, 15) is 4.79 Å². The van der Waals surface area contributed by atoms with E-state index < -0.39 is 0 Å². The molecule has 4 heteroatoms. The number of aryl methyl sites for hydroxylation is 3. The molecule has 0 bridgehead atoms. The topological polar surface area (TPSA) is 39.1 Å². The van der Waals surface area contributed by atoms with Crippen LogP contribution in [0.15, 0.2) is 51.7 Å². The van der Waals surface area contributed by atoms with Crippen LogP contribution in [0.2, 0.25) is 0 Å². The van der Waals surface area contributed by atoms with Gasteiger partial charge >= 0.3 is 5.63 Å². The van der Waals surface area contributed by atoms with Gasteiger partial charge in [-0.1, -0.05) is 36.4 Å². The highest BCUT2D eigenvalue weighted by Gasteiger charge is 2.24. The first-order chi connectivity index (χ1) is 13.5.